The molecule has 2 heterocycles. The minimum atomic E-state index is -0.790. The summed E-state index contributed by atoms with van der Waals surface area (Å²) in [4.78, 5) is 34.5. The van der Waals surface area contributed by atoms with Crippen LogP contribution < -0.4 is 5.32 Å². The van der Waals surface area contributed by atoms with Crippen LogP contribution in [0.3, 0.4) is 0 Å². The van der Waals surface area contributed by atoms with Crippen molar-refractivity contribution in [3.8, 4) is 0 Å². The van der Waals surface area contributed by atoms with Crippen LogP contribution in [0.4, 0.5) is 5.69 Å². The molecular formula is C21H17N5O3S. The van der Waals surface area contributed by atoms with Crippen LogP contribution in [0, 0.1) is 6.92 Å². The lowest BCUT2D eigenvalue weighted by molar-refractivity contribution is -0.119. The van der Waals surface area contributed by atoms with E-state index in [1.807, 2.05) is 55.5 Å². The molecule has 0 aliphatic rings. The molecule has 0 saturated carbocycles. The third kappa shape index (κ3) is 4.47. The molecule has 0 saturated heterocycles. The largest absolute Gasteiger partial charge is 0.450 e. The minimum Gasteiger partial charge on any atom is -0.450 e. The molecule has 4 aromatic rings. The standard InChI is InChI=1S/C21H17N5O3S/c1-14-11-12-22-21-24-19(25-26(14)21)20(28)29-13-18(27)23-16-9-5-6-10-17(16)30-15-7-3-2-4-8-15/h2-12H,13H2,1H3,(H,23,27). The number of fused-ring (bicyclic) bond motifs is 1. The van der Waals surface area contributed by atoms with Crippen molar-refractivity contribution in [2.24, 2.45) is 0 Å². The van der Waals surface area contributed by atoms with Crippen LogP contribution in [0.2, 0.25) is 0 Å². The number of ether oxygens (including phenoxy) is 1. The Morgan fingerprint density at radius 3 is 2.63 bits per heavy atom. The first-order chi connectivity index (χ1) is 14.6. The van der Waals surface area contributed by atoms with Gasteiger partial charge in [-0.05, 0) is 37.3 Å². The number of nitrogens with one attached hydrogen (secondary N) is 1. The van der Waals surface area contributed by atoms with Gasteiger partial charge in [0.1, 0.15) is 0 Å². The normalized spacial score (nSPS) is 10.7. The molecule has 0 aliphatic heterocycles. The minimum absolute atomic E-state index is 0.148. The van der Waals surface area contributed by atoms with Crippen molar-refractivity contribution in [3.05, 3.63) is 78.4 Å². The van der Waals surface area contributed by atoms with Gasteiger partial charge < -0.3 is 10.1 Å². The van der Waals surface area contributed by atoms with E-state index in [4.69, 9.17) is 4.74 Å². The first kappa shape index (κ1) is 19.6. The van der Waals surface area contributed by atoms with Gasteiger partial charge in [0.25, 0.3) is 17.5 Å². The van der Waals surface area contributed by atoms with Crippen molar-refractivity contribution in [1.29, 1.82) is 0 Å². The Kier molecular flexibility index (Phi) is 5.71. The maximum absolute atomic E-state index is 12.3. The second-order valence-electron chi connectivity index (χ2n) is 6.27. The van der Waals surface area contributed by atoms with Crippen LogP contribution in [-0.4, -0.2) is 38.1 Å². The van der Waals surface area contributed by atoms with Gasteiger partial charge in [-0.3, -0.25) is 4.79 Å². The number of rotatable bonds is 6. The quantitative estimate of drug-likeness (QED) is 0.478. The molecule has 0 unspecified atom stereocenters. The monoisotopic (exact) mass is 419 g/mol. The lowest BCUT2D eigenvalue weighted by atomic mass is 10.3. The first-order valence-electron chi connectivity index (χ1n) is 9.07. The summed E-state index contributed by atoms with van der Waals surface area (Å²) in [7, 11) is 0. The maximum atomic E-state index is 12.3. The molecule has 8 nitrogen and oxygen atoms in total. The molecule has 1 amide bonds. The van der Waals surface area contributed by atoms with Gasteiger partial charge in [-0.1, -0.05) is 42.1 Å². The highest BCUT2D eigenvalue weighted by atomic mass is 32.2. The summed E-state index contributed by atoms with van der Waals surface area (Å²) < 4.78 is 6.50. The molecule has 150 valence electrons. The second kappa shape index (κ2) is 8.75. The summed E-state index contributed by atoms with van der Waals surface area (Å²) in [6, 6.07) is 19.0. The predicted molar refractivity (Wildman–Crippen MR) is 111 cm³/mol. The molecule has 0 fully saturated rings. The van der Waals surface area contributed by atoms with E-state index in [-0.39, 0.29) is 5.82 Å². The molecular weight excluding hydrogens is 402 g/mol. The van der Waals surface area contributed by atoms with E-state index in [2.05, 4.69) is 20.4 Å². The highest BCUT2D eigenvalue weighted by Gasteiger charge is 2.18. The fourth-order valence-electron chi connectivity index (χ4n) is 2.65. The molecule has 4 rings (SSSR count). The number of hydrogen-bond donors (Lipinski definition) is 1. The Bertz CT molecular complexity index is 1210. The number of benzene rings is 2. The van der Waals surface area contributed by atoms with Gasteiger partial charge in [0.2, 0.25) is 0 Å². The highest BCUT2D eigenvalue weighted by Crippen LogP contribution is 2.33. The topological polar surface area (TPSA) is 98.5 Å². The van der Waals surface area contributed by atoms with E-state index < -0.39 is 18.5 Å². The first-order valence-corrected chi connectivity index (χ1v) is 9.89. The zero-order valence-corrected chi connectivity index (χ0v) is 16.8. The van der Waals surface area contributed by atoms with Crippen molar-refractivity contribution in [2.45, 2.75) is 16.7 Å². The summed E-state index contributed by atoms with van der Waals surface area (Å²) in [5, 5.41) is 6.85. The molecule has 9 heteroatoms. The zero-order valence-electron chi connectivity index (χ0n) is 16.0. The van der Waals surface area contributed by atoms with E-state index in [0.29, 0.717) is 11.5 Å². The molecule has 0 aliphatic carbocycles. The van der Waals surface area contributed by atoms with Crippen LogP contribution in [0.25, 0.3) is 5.78 Å². The lowest BCUT2D eigenvalue weighted by Gasteiger charge is -2.10. The number of aromatic nitrogens is 4. The van der Waals surface area contributed by atoms with E-state index >= 15 is 0 Å². The third-order valence-electron chi connectivity index (χ3n) is 4.08. The number of hydrogen-bond acceptors (Lipinski definition) is 7. The van der Waals surface area contributed by atoms with E-state index in [1.54, 1.807) is 18.3 Å². The molecule has 30 heavy (non-hydrogen) atoms. The smallest absolute Gasteiger partial charge is 0.378 e. The predicted octanol–water partition coefficient (Wildman–Crippen LogP) is 3.38. The van der Waals surface area contributed by atoms with E-state index in [1.165, 1.54) is 16.3 Å². The number of anilines is 1. The number of amides is 1. The van der Waals surface area contributed by atoms with Gasteiger partial charge in [0.05, 0.1) is 5.69 Å². The molecule has 2 aromatic heterocycles. The SMILES string of the molecule is Cc1ccnc2nc(C(=O)OCC(=O)Nc3ccccc3Sc3ccccc3)nn12. The molecule has 2 aromatic carbocycles. The molecule has 1 N–H and O–H groups in total. The Morgan fingerprint density at radius 1 is 1.07 bits per heavy atom. The Balaban J connectivity index is 1.39. The van der Waals surface area contributed by atoms with E-state index in [9.17, 15) is 9.59 Å². The second-order valence-corrected chi connectivity index (χ2v) is 7.38. The summed E-state index contributed by atoms with van der Waals surface area (Å²) in [6.07, 6.45) is 1.58. The number of carbonyl (C=O) groups is 2. The van der Waals surface area contributed by atoms with Crippen molar-refractivity contribution < 1.29 is 14.3 Å². The van der Waals surface area contributed by atoms with Gasteiger partial charge in [0, 0.05) is 21.7 Å². The van der Waals surface area contributed by atoms with Gasteiger partial charge in [-0.2, -0.15) is 4.98 Å². The van der Waals surface area contributed by atoms with Gasteiger partial charge >= 0.3 is 5.97 Å². The lowest BCUT2D eigenvalue weighted by Crippen LogP contribution is -2.21. The van der Waals surface area contributed by atoms with Crippen molar-refractivity contribution in [2.75, 3.05) is 11.9 Å². The van der Waals surface area contributed by atoms with Gasteiger partial charge in [-0.25, -0.2) is 14.3 Å². The number of para-hydroxylation sites is 1. The number of carbonyl (C=O) groups excluding carboxylic acids is 2. The van der Waals surface area contributed by atoms with Gasteiger partial charge in [-0.15, -0.1) is 5.10 Å². The van der Waals surface area contributed by atoms with Gasteiger partial charge in [0.15, 0.2) is 6.61 Å². The van der Waals surface area contributed by atoms with E-state index in [0.717, 1.165) is 15.5 Å². The maximum Gasteiger partial charge on any atom is 0.378 e. The van der Waals surface area contributed by atoms with Crippen LogP contribution >= 0.6 is 11.8 Å². The van der Waals surface area contributed by atoms with Crippen molar-refractivity contribution in [1.82, 2.24) is 19.6 Å². The summed E-state index contributed by atoms with van der Waals surface area (Å²) in [5.41, 5.74) is 1.41. The molecule has 0 spiro atoms. The summed E-state index contributed by atoms with van der Waals surface area (Å²) in [6.45, 7) is 1.36. The summed E-state index contributed by atoms with van der Waals surface area (Å²) >= 11 is 1.53. The zero-order chi connectivity index (χ0) is 20.9. The average molecular weight is 419 g/mol. The average Bonchev–Trinajstić information content (AvgIpc) is 3.20. The number of esters is 1. The molecule has 0 radical (unpaired) electrons. The molecule has 0 bridgehead atoms. The fourth-order valence-corrected chi connectivity index (χ4v) is 3.57. The third-order valence-corrected chi connectivity index (χ3v) is 5.16. The fraction of sp³-hybridized carbons (Fsp3) is 0.0952. The molecule has 0 atom stereocenters. The Labute approximate surface area is 176 Å². The highest BCUT2D eigenvalue weighted by molar-refractivity contribution is 7.99. The van der Waals surface area contributed by atoms with Crippen LogP contribution in [-0.2, 0) is 9.53 Å². The van der Waals surface area contributed by atoms with Crippen LogP contribution in [0.15, 0.2) is 76.7 Å². The Morgan fingerprint density at radius 2 is 1.83 bits per heavy atom. The van der Waals surface area contributed by atoms with Crippen LogP contribution in [0.5, 0.6) is 0 Å². The number of aryl methyl sites for hydroxylation is 1. The van der Waals surface area contributed by atoms with Crippen molar-refractivity contribution in [3.63, 3.8) is 0 Å². The van der Waals surface area contributed by atoms with Crippen LogP contribution in [0.1, 0.15) is 16.3 Å². The summed E-state index contributed by atoms with van der Waals surface area (Å²) in [5.74, 6) is -1.10. The number of nitrogens with zero attached hydrogens (tertiary/aromatic N) is 4. The Hall–Kier alpha value is -3.72. The van der Waals surface area contributed by atoms with Crippen molar-refractivity contribution >= 4 is 35.1 Å².